The Morgan fingerprint density at radius 1 is 1.00 bits per heavy atom. The minimum atomic E-state index is -0.318. The van der Waals surface area contributed by atoms with Crippen LogP contribution in [0.3, 0.4) is 0 Å². The second-order valence-electron chi connectivity index (χ2n) is 10.4. The maximum absolute atomic E-state index is 12.6. The molecule has 0 N–H and O–H groups in total. The molecule has 2 aliphatic heterocycles. The van der Waals surface area contributed by atoms with E-state index in [1.807, 2.05) is 25.7 Å². The largest absolute Gasteiger partial charge is 0.353 e. The van der Waals surface area contributed by atoms with E-state index in [0.29, 0.717) is 0 Å². The van der Waals surface area contributed by atoms with Gasteiger partial charge in [-0.1, -0.05) is 51.1 Å². The Morgan fingerprint density at radius 3 is 2.55 bits per heavy atom. The van der Waals surface area contributed by atoms with Crippen molar-refractivity contribution in [3.8, 4) is 0 Å². The van der Waals surface area contributed by atoms with Crippen molar-refractivity contribution >= 4 is 33.3 Å². The second-order valence-corrected chi connectivity index (χ2v) is 11.3. The molecule has 3 heterocycles. The Kier molecular flexibility index (Phi) is 6.14. The normalized spacial score (nSPS) is 17.1. The predicted octanol–water partition coefficient (Wildman–Crippen LogP) is 4.94. The maximum Gasteiger partial charge on any atom is 0.228 e. The summed E-state index contributed by atoms with van der Waals surface area (Å²) in [6, 6.07) is 15.4. The first-order valence-electron chi connectivity index (χ1n) is 12.1. The summed E-state index contributed by atoms with van der Waals surface area (Å²) < 4.78 is 6.00. The number of amides is 1. The molecule has 5 rings (SSSR count). The number of aromatic nitrogens is 1. The van der Waals surface area contributed by atoms with E-state index in [0.717, 1.165) is 58.1 Å². The molecule has 2 aliphatic rings. The van der Waals surface area contributed by atoms with Gasteiger partial charge in [0.1, 0.15) is 5.82 Å². The van der Waals surface area contributed by atoms with E-state index in [1.165, 1.54) is 33.2 Å². The third-order valence-electron chi connectivity index (χ3n) is 6.89. The molecule has 0 unspecified atom stereocenters. The molecule has 0 aliphatic carbocycles. The van der Waals surface area contributed by atoms with Gasteiger partial charge in [-0.2, -0.15) is 4.37 Å². The number of fused-ring (bicyclic) bond motifs is 2. The van der Waals surface area contributed by atoms with Crippen LogP contribution in [0, 0.1) is 5.41 Å². The summed E-state index contributed by atoms with van der Waals surface area (Å²) in [4.78, 5) is 19.7. The van der Waals surface area contributed by atoms with Crippen LogP contribution in [0.5, 0.6) is 0 Å². The zero-order valence-electron chi connectivity index (χ0n) is 20.0. The topological polar surface area (TPSA) is 39.7 Å². The van der Waals surface area contributed by atoms with Gasteiger partial charge in [-0.25, -0.2) is 0 Å². The fourth-order valence-electron chi connectivity index (χ4n) is 5.01. The zero-order chi connectivity index (χ0) is 23.0. The van der Waals surface area contributed by atoms with Crippen molar-refractivity contribution in [3.63, 3.8) is 0 Å². The molecule has 3 aromatic rings. The van der Waals surface area contributed by atoms with Crippen LogP contribution in [0.2, 0.25) is 0 Å². The lowest BCUT2D eigenvalue weighted by molar-refractivity contribution is -0.140. The van der Waals surface area contributed by atoms with Crippen molar-refractivity contribution in [1.29, 1.82) is 0 Å². The van der Waals surface area contributed by atoms with Gasteiger partial charge in [0.15, 0.2) is 0 Å². The van der Waals surface area contributed by atoms with Crippen molar-refractivity contribution in [3.05, 3.63) is 59.2 Å². The molecule has 0 radical (unpaired) electrons. The first-order valence-corrected chi connectivity index (χ1v) is 12.9. The van der Waals surface area contributed by atoms with Gasteiger partial charge in [0.05, 0.1) is 4.70 Å². The first-order chi connectivity index (χ1) is 15.9. The van der Waals surface area contributed by atoms with Crippen molar-refractivity contribution in [2.45, 2.75) is 46.7 Å². The van der Waals surface area contributed by atoms with E-state index in [-0.39, 0.29) is 11.3 Å². The molecule has 1 amide bonds. The summed E-state index contributed by atoms with van der Waals surface area (Å²) in [5, 5.41) is 1.29. The van der Waals surface area contributed by atoms with Gasteiger partial charge in [0.25, 0.3) is 0 Å². The van der Waals surface area contributed by atoms with Crippen LogP contribution in [-0.2, 0) is 24.3 Å². The number of anilines is 1. The average Bonchev–Trinajstić information content (AvgIpc) is 3.42. The van der Waals surface area contributed by atoms with E-state index in [1.54, 1.807) is 11.5 Å². The van der Waals surface area contributed by atoms with Crippen LogP contribution >= 0.6 is 11.5 Å². The number of piperazine rings is 1. The lowest BCUT2D eigenvalue weighted by Gasteiger charge is -2.35. The molecule has 0 atom stereocenters. The number of rotatable bonds is 5. The van der Waals surface area contributed by atoms with E-state index in [2.05, 4.69) is 52.3 Å². The number of carbonyl (C=O) groups excluding carboxylic acids is 1. The third kappa shape index (κ3) is 4.78. The minimum Gasteiger partial charge on any atom is -0.353 e. The van der Waals surface area contributed by atoms with Gasteiger partial charge in [-0.3, -0.25) is 9.69 Å². The van der Waals surface area contributed by atoms with Gasteiger partial charge in [0.2, 0.25) is 5.91 Å². The Bertz CT molecular complexity index is 1140. The Balaban J connectivity index is 1.10. The molecule has 0 saturated carbocycles. The number of hydrogen-bond acceptors (Lipinski definition) is 5. The van der Waals surface area contributed by atoms with Gasteiger partial charge >= 0.3 is 0 Å². The molecule has 1 fully saturated rings. The van der Waals surface area contributed by atoms with Crippen LogP contribution in [0.25, 0.3) is 10.1 Å². The van der Waals surface area contributed by atoms with E-state index >= 15 is 0 Å². The van der Waals surface area contributed by atoms with Crippen molar-refractivity contribution in [2.24, 2.45) is 5.41 Å². The molecule has 6 heteroatoms. The fourth-order valence-corrected chi connectivity index (χ4v) is 5.81. The summed E-state index contributed by atoms with van der Waals surface area (Å²) in [7, 11) is 0. The second kappa shape index (κ2) is 9.07. The van der Waals surface area contributed by atoms with E-state index < -0.39 is 0 Å². The quantitative estimate of drug-likeness (QED) is 0.538. The van der Waals surface area contributed by atoms with Crippen molar-refractivity contribution < 1.29 is 4.79 Å². The monoisotopic (exact) mass is 462 g/mol. The molecule has 1 saturated heterocycles. The molecular formula is C27H34N4OS. The summed E-state index contributed by atoms with van der Waals surface area (Å²) in [5.74, 6) is 1.40. The number of aryl methyl sites for hydroxylation is 1. The molecule has 174 valence electrons. The first kappa shape index (κ1) is 22.4. The van der Waals surface area contributed by atoms with Gasteiger partial charge < -0.3 is 9.80 Å². The molecule has 0 bridgehead atoms. The molecule has 0 spiro atoms. The Hall–Kier alpha value is -2.44. The SMILES string of the molecule is CC(C)(C)C(=O)N1Cc2ccc(CCCN3CCN(c4nsc5ccccc45)CC3)cc2C1. The average molecular weight is 463 g/mol. The zero-order valence-corrected chi connectivity index (χ0v) is 20.8. The lowest BCUT2D eigenvalue weighted by Crippen LogP contribution is -2.46. The summed E-state index contributed by atoms with van der Waals surface area (Å²) >= 11 is 1.60. The predicted molar refractivity (Wildman–Crippen MR) is 137 cm³/mol. The highest BCUT2D eigenvalue weighted by Gasteiger charge is 2.31. The summed E-state index contributed by atoms with van der Waals surface area (Å²) in [6.07, 6.45) is 2.26. The summed E-state index contributed by atoms with van der Waals surface area (Å²) in [5.41, 5.74) is 3.71. The molecule has 33 heavy (non-hydrogen) atoms. The third-order valence-corrected chi connectivity index (χ3v) is 7.71. The Morgan fingerprint density at radius 2 is 1.76 bits per heavy atom. The Labute approximate surface area is 201 Å². The van der Waals surface area contributed by atoms with E-state index in [4.69, 9.17) is 4.37 Å². The molecule has 2 aromatic carbocycles. The van der Waals surface area contributed by atoms with Gasteiger partial charge in [-0.15, -0.1) is 0 Å². The smallest absolute Gasteiger partial charge is 0.228 e. The highest BCUT2D eigenvalue weighted by Crippen LogP contribution is 2.30. The summed E-state index contributed by atoms with van der Waals surface area (Å²) in [6.45, 7) is 12.9. The number of nitrogens with zero attached hydrogens (tertiary/aromatic N) is 4. The van der Waals surface area contributed by atoms with Crippen LogP contribution in [0.4, 0.5) is 5.82 Å². The van der Waals surface area contributed by atoms with Crippen molar-refractivity contribution in [1.82, 2.24) is 14.2 Å². The van der Waals surface area contributed by atoms with Crippen LogP contribution in [0.15, 0.2) is 42.5 Å². The van der Waals surface area contributed by atoms with Crippen LogP contribution < -0.4 is 4.90 Å². The van der Waals surface area contributed by atoms with Crippen LogP contribution in [-0.4, -0.2) is 52.8 Å². The van der Waals surface area contributed by atoms with Crippen LogP contribution in [0.1, 0.15) is 43.9 Å². The highest BCUT2D eigenvalue weighted by molar-refractivity contribution is 7.13. The highest BCUT2D eigenvalue weighted by atomic mass is 32.1. The molecule has 1 aromatic heterocycles. The van der Waals surface area contributed by atoms with E-state index in [9.17, 15) is 4.79 Å². The number of benzene rings is 2. The molecule has 5 nitrogen and oxygen atoms in total. The number of hydrogen-bond donors (Lipinski definition) is 0. The number of carbonyl (C=O) groups is 1. The molecular weight excluding hydrogens is 428 g/mol. The minimum absolute atomic E-state index is 0.241. The maximum atomic E-state index is 12.6. The lowest BCUT2D eigenvalue weighted by atomic mass is 9.95. The van der Waals surface area contributed by atoms with Crippen molar-refractivity contribution in [2.75, 3.05) is 37.6 Å². The fraction of sp³-hybridized carbons (Fsp3) is 0.481. The van der Waals surface area contributed by atoms with Gasteiger partial charge in [-0.05, 0) is 59.7 Å². The standard InChI is InChI=1S/C27H34N4OS/c1-27(2,3)26(32)31-18-21-11-10-20(17-22(21)19-31)7-6-12-29-13-15-30(16-14-29)25-23-8-4-5-9-24(23)33-28-25/h4-5,8-11,17H,6-7,12-16,18-19H2,1-3H3. The van der Waals surface area contributed by atoms with Gasteiger partial charge in [0, 0.05) is 50.1 Å².